The zero-order chi connectivity index (χ0) is 20.9. The van der Waals surface area contributed by atoms with Crippen LogP contribution >= 0.6 is 23.4 Å². The van der Waals surface area contributed by atoms with Gasteiger partial charge in [-0.3, -0.25) is 4.79 Å². The molecule has 1 aromatic rings. The van der Waals surface area contributed by atoms with E-state index in [0.29, 0.717) is 27.4 Å². The van der Waals surface area contributed by atoms with E-state index < -0.39 is 15.3 Å². The molecule has 0 N–H and O–H groups in total. The summed E-state index contributed by atoms with van der Waals surface area (Å²) in [5.74, 6) is 0.659. The van der Waals surface area contributed by atoms with E-state index in [4.69, 9.17) is 21.1 Å². The number of hydrogen-bond acceptors (Lipinski definition) is 6. The number of benzene rings is 1. The van der Waals surface area contributed by atoms with Crippen molar-refractivity contribution in [3.05, 3.63) is 17.2 Å². The topological polar surface area (TPSA) is 85.3 Å². The van der Waals surface area contributed by atoms with Crippen LogP contribution in [0.3, 0.4) is 0 Å². The average molecular weight is 447 g/mol. The van der Waals surface area contributed by atoms with Crippen molar-refractivity contribution >= 4 is 50.0 Å². The number of aliphatic imine (C=N–C) groups is 1. The SMILES string of the molecule is COc1cc(OC)c(N2C(=NC(=O)C(C)(C)C)S[C@H]3CS(=O)(=O)C[C@@H]32)cc1Cl. The molecule has 0 aliphatic carbocycles. The second kappa shape index (κ2) is 7.42. The van der Waals surface area contributed by atoms with Gasteiger partial charge in [-0.15, -0.1) is 0 Å². The number of rotatable bonds is 3. The summed E-state index contributed by atoms with van der Waals surface area (Å²) < 4.78 is 35.2. The number of carbonyl (C=O) groups is 1. The van der Waals surface area contributed by atoms with E-state index in [-0.39, 0.29) is 28.7 Å². The van der Waals surface area contributed by atoms with Crippen molar-refractivity contribution in [3.8, 4) is 11.5 Å². The summed E-state index contributed by atoms with van der Waals surface area (Å²) >= 11 is 7.63. The second-order valence-electron chi connectivity index (χ2n) is 7.78. The van der Waals surface area contributed by atoms with Gasteiger partial charge in [-0.05, 0) is 6.07 Å². The molecule has 2 fully saturated rings. The zero-order valence-corrected chi connectivity index (χ0v) is 18.7. The van der Waals surface area contributed by atoms with Gasteiger partial charge >= 0.3 is 0 Å². The van der Waals surface area contributed by atoms with Crippen LogP contribution in [-0.4, -0.2) is 56.5 Å². The minimum absolute atomic E-state index is 0.0137. The molecule has 2 aliphatic heterocycles. The summed E-state index contributed by atoms with van der Waals surface area (Å²) in [7, 11) is -0.160. The summed E-state index contributed by atoms with van der Waals surface area (Å²) in [6.45, 7) is 5.37. The molecule has 154 valence electrons. The first-order chi connectivity index (χ1) is 13.0. The van der Waals surface area contributed by atoms with Gasteiger partial charge < -0.3 is 14.4 Å². The Bertz CT molecular complexity index is 940. The number of methoxy groups -OCH3 is 2. The fourth-order valence-electron chi connectivity index (χ4n) is 3.13. The van der Waals surface area contributed by atoms with E-state index in [1.807, 2.05) is 0 Å². The average Bonchev–Trinajstić information content (AvgIpc) is 3.04. The molecule has 2 atom stereocenters. The molecule has 2 saturated heterocycles. The van der Waals surface area contributed by atoms with E-state index in [2.05, 4.69) is 4.99 Å². The van der Waals surface area contributed by atoms with Crippen molar-refractivity contribution in [3.63, 3.8) is 0 Å². The monoisotopic (exact) mass is 446 g/mol. The maximum atomic E-state index is 12.5. The lowest BCUT2D eigenvalue weighted by molar-refractivity contribution is -0.124. The Kier molecular flexibility index (Phi) is 5.64. The first kappa shape index (κ1) is 21.3. The highest BCUT2D eigenvalue weighted by Crippen LogP contribution is 2.46. The molecular formula is C18H23ClN2O5S2. The maximum Gasteiger partial charge on any atom is 0.253 e. The van der Waals surface area contributed by atoms with Crippen LogP contribution in [0, 0.1) is 5.41 Å². The van der Waals surface area contributed by atoms with E-state index in [9.17, 15) is 13.2 Å². The molecule has 0 radical (unpaired) electrons. The summed E-state index contributed by atoms with van der Waals surface area (Å²) in [5, 5.41) is 0.612. The van der Waals surface area contributed by atoms with Crippen LogP contribution in [0.4, 0.5) is 5.69 Å². The molecule has 28 heavy (non-hydrogen) atoms. The molecule has 1 aromatic carbocycles. The molecule has 1 amide bonds. The van der Waals surface area contributed by atoms with Crippen LogP contribution in [0.1, 0.15) is 20.8 Å². The lowest BCUT2D eigenvalue weighted by Gasteiger charge is -2.27. The highest BCUT2D eigenvalue weighted by Gasteiger charge is 2.50. The molecule has 7 nitrogen and oxygen atoms in total. The smallest absolute Gasteiger partial charge is 0.253 e. The lowest BCUT2D eigenvalue weighted by Crippen LogP contribution is -2.38. The van der Waals surface area contributed by atoms with Crippen LogP contribution in [0.5, 0.6) is 11.5 Å². The number of amidine groups is 1. The van der Waals surface area contributed by atoms with Crippen LogP contribution < -0.4 is 14.4 Å². The molecule has 0 bridgehead atoms. The van der Waals surface area contributed by atoms with Gasteiger partial charge in [0.25, 0.3) is 5.91 Å². The fraction of sp³-hybridized carbons (Fsp3) is 0.556. The summed E-state index contributed by atoms with van der Waals surface area (Å²) in [5.41, 5.74) is -0.0872. The van der Waals surface area contributed by atoms with Crippen LogP contribution in [-0.2, 0) is 14.6 Å². The lowest BCUT2D eigenvalue weighted by atomic mass is 9.96. The Morgan fingerprint density at radius 3 is 2.43 bits per heavy atom. The van der Waals surface area contributed by atoms with E-state index in [1.54, 1.807) is 37.8 Å². The van der Waals surface area contributed by atoms with Crippen molar-refractivity contribution in [2.24, 2.45) is 10.4 Å². The van der Waals surface area contributed by atoms with Crippen molar-refractivity contribution in [1.29, 1.82) is 0 Å². The van der Waals surface area contributed by atoms with Gasteiger partial charge in [-0.1, -0.05) is 44.1 Å². The number of hydrogen-bond donors (Lipinski definition) is 0. The third-order valence-electron chi connectivity index (χ3n) is 4.62. The Hall–Kier alpha value is -1.45. The maximum absolute atomic E-state index is 12.5. The number of fused-ring (bicyclic) bond motifs is 1. The Labute approximate surface area is 174 Å². The molecule has 0 aromatic heterocycles. The minimum Gasteiger partial charge on any atom is -0.495 e. The van der Waals surface area contributed by atoms with E-state index in [1.165, 1.54) is 26.0 Å². The number of nitrogens with zero attached hydrogens (tertiary/aromatic N) is 2. The first-order valence-electron chi connectivity index (χ1n) is 8.68. The zero-order valence-electron chi connectivity index (χ0n) is 16.4. The van der Waals surface area contributed by atoms with Crippen LogP contribution in [0.25, 0.3) is 0 Å². The third-order valence-corrected chi connectivity index (χ3v) is 8.12. The Morgan fingerprint density at radius 1 is 1.21 bits per heavy atom. The number of ether oxygens (including phenoxy) is 2. The highest BCUT2D eigenvalue weighted by atomic mass is 35.5. The van der Waals surface area contributed by atoms with Gasteiger partial charge in [0.1, 0.15) is 11.5 Å². The Morgan fingerprint density at radius 2 is 1.86 bits per heavy atom. The van der Waals surface area contributed by atoms with Gasteiger partial charge in [-0.2, -0.15) is 4.99 Å². The van der Waals surface area contributed by atoms with Crippen molar-refractivity contribution < 1.29 is 22.7 Å². The standard InChI is InChI=1S/C18H23ClN2O5S2/c1-18(2,3)16(22)20-17-21(12-8-28(23,24)9-15(12)27-17)11-6-10(19)13(25-4)7-14(11)26-5/h6-7,12,15H,8-9H2,1-5H3/t12-,15-/m0/s1. The quantitative estimate of drug-likeness (QED) is 0.705. The molecule has 0 unspecified atom stereocenters. The van der Waals surface area contributed by atoms with Crippen LogP contribution in [0.15, 0.2) is 17.1 Å². The first-order valence-corrected chi connectivity index (χ1v) is 11.8. The molecule has 2 heterocycles. The predicted molar refractivity (Wildman–Crippen MR) is 113 cm³/mol. The van der Waals surface area contributed by atoms with Gasteiger partial charge in [0, 0.05) is 16.7 Å². The van der Waals surface area contributed by atoms with Gasteiger partial charge in [-0.25, -0.2) is 8.42 Å². The van der Waals surface area contributed by atoms with E-state index >= 15 is 0 Å². The number of halogens is 1. The van der Waals surface area contributed by atoms with Crippen molar-refractivity contribution in [2.75, 3.05) is 30.6 Å². The molecule has 2 aliphatic rings. The van der Waals surface area contributed by atoms with E-state index in [0.717, 1.165) is 0 Å². The van der Waals surface area contributed by atoms with Gasteiger partial charge in [0.05, 0.1) is 42.5 Å². The molecular weight excluding hydrogens is 424 g/mol. The summed E-state index contributed by atoms with van der Waals surface area (Å²) in [4.78, 5) is 18.6. The van der Waals surface area contributed by atoms with Gasteiger partial charge in [0.15, 0.2) is 15.0 Å². The minimum atomic E-state index is -3.17. The molecule has 0 saturated carbocycles. The number of amides is 1. The second-order valence-corrected chi connectivity index (χ2v) is 11.5. The number of thioether (sulfide) groups is 1. The fourth-order valence-corrected chi connectivity index (χ4v) is 7.27. The predicted octanol–water partition coefficient (Wildman–Crippen LogP) is 3.00. The van der Waals surface area contributed by atoms with Gasteiger partial charge in [0.2, 0.25) is 0 Å². The molecule has 3 rings (SSSR count). The highest BCUT2D eigenvalue weighted by molar-refractivity contribution is 8.16. The number of anilines is 1. The summed E-state index contributed by atoms with van der Waals surface area (Å²) in [6, 6.07) is 2.95. The molecule has 0 spiro atoms. The largest absolute Gasteiger partial charge is 0.495 e. The van der Waals surface area contributed by atoms with Crippen molar-refractivity contribution in [2.45, 2.75) is 32.1 Å². The molecule has 10 heteroatoms. The summed E-state index contributed by atoms with van der Waals surface area (Å²) in [6.07, 6.45) is 0. The number of carbonyl (C=O) groups excluding carboxylic acids is 1. The number of sulfone groups is 1. The van der Waals surface area contributed by atoms with Crippen molar-refractivity contribution in [1.82, 2.24) is 0 Å². The van der Waals surface area contributed by atoms with Crippen LogP contribution in [0.2, 0.25) is 5.02 Å². The Balaban J connectivity index is 2.14. The normalized spacial score (nSPS) is 25.1. The third kappa shape index (κ3) is 3.97.